The van der Waals surface area contributed by atoms with Crippen LogP contribution in [0.2, 0.25) is 0 Å². The molecule has 0 atom stereocenters. The van der Waals surface area contributed by atoms with Gasteiger partial charge in [-0.25, -0.2) is 19.9 Å². The number of fused-ring (bicyclic) bond motifs is 9. The predicted octanol–water partition coefficient (Wildman–Crippen LogP) is 12.5. The zero-order valence-electron chi connectivity index (χ0n) is 33.2. The molecule has 7 heteroatoms. The molecule has 6 aromatic carbocycles. The molecule has 7 nitrogen and oxygen atoms in total. The Morgan fingerprint density at radius 2 is 0.839 bits per heavy atom. The fraction of sp³-hybridized carbons (Fsp3) is 0.0182. The minimum absolute atomic E-state index is 0.582. The van der Waals surface area contributed by atoms with Gasteiger partial charge in [0.2, 0.25) is 0 Å². The number of nitrogens with zero attached hydrogens (tertiary/aromatic N) is 6. The Labute approximate surface area is 358 Å². The molecule has 1 spiro atoms. The molecular weight excluding hydrogens is 761 g/mol. The van der Waals surface area contributed by atoms with E-state index in [1.54, 1.807) is 12.4 Å². The number of aromatic nitrogens is 6. The monoisotopic (exact) mass is 794 g/mol. The van der Waals surface area contributed by atoms with Crippen LogP contribution in [0.25, 0.3) is 78.9 Å². The summed E-state index contributed by atoms with van der Waals surface area (Å²) < 4.78 is 6.73. The highest BCUT2D eigenvalue weighted by Crippen LogP contribution is 2.65. The maximum Gasteiger partial charge on any atom is 0.164 e. The molecule has 2 aliphatic rings. The molecule has 0 unspecified atom stereocenters. The number of hydrogen-bond donors (Lipinski definition) is 0. The normalized spacial score (nSPS) is 12.8. The van der Waals surface area contributed by atoms with Gasteiger partial charge in [-0.2, -0.15) is 0 Å². The second-order valence-corrected chi connectivity index (χ2v) is 15.4. The molecule has 1 aliphatic heterocycles. The molecule has 62 heavy (non-hydrogen) atoms. The molecule has 290 valence electrons. The first-order valence-corrected chi connectivity index (χ1v) is 20.6. The number of pyridine rings is 3. The van der Waals surface area contributed by atoms with Crippen LogP contribution in [0.5, 0.6) is 11.5 Å². The maximum absolute atomic E-state index is 6.73. The van der Waals surface area contributed by atoms with E-state index in [-0.39, 0.29) is 0 Å². The number of rotatable bonds is 6. The van der Waals surface area contributed by atoms with Crippen molar-refractivity contribution < 1.29 is 4.74 Å². The fourth-order valence-corrected chi connectivity index (χ4v) is 9.40. The van der Waals surface area contributed by atoms with Crippen molar-refractivity contribution in [2.75, 3.05) is 0 Å². The van der Waals surface area contributed by atoms with Gasteiger partial charge in [0, 0.05) is 69.3 Å². The van der Waals surface area contributed by atoms with Gasteiger partial charge in [0.1, 0.15) is 11.5 Å². The molecule has 0 fully saturated rings. The molecule has 1 aliphatic carbocycles. The number of hydrogen-bond acceptors (Lipinski definition) is 7. The van der Waals surface area contributed by atoms with Crippen LogP contribution in [0, 0.1) is 0 Å². The van der Waals surface area contributed by atoms with Crippen molar-refractivity contribution in [3.05, 3.63) is 229 Å². The lowest BCUT2D eigenvalue weighted by molar-refractivity contribution is 0.436. The first-order valence-electron chi connectivity index (χ1n) is 20.6. The number of ether oxygens (including phenoxy) is 1. The van der Waals surface area contributed by atoms with Gasteiger partial charge < -0.3 is 4.74 Å². The van der Waals surface area contributed by atoms with Crippen LogP contribution in [0.3, 0.4) is 0 Å². The molecule has 4 aromatic heterocycles. The van der Waals surface area contributed by atoms with Crippen molar-refractivity contribution in [2.24, 2.45) is 0 Å². The standard InChI is InChI=1S/C55H34N6O/c1-3-15-35(16-4-1)52-59-53(36-17-5-2-6-18-36)61-54(60-52)41-22-12-26-45-50(41)49-39(40-29-30-46(37-19-13-31-56-33-37)58-51(40)38-20-14-32-57-34-38)21-11-25-44(49)55(45)42-23-7-9-27-47(42)62-48-28-10-8-24-43(48)55/h1-34H. The van der Waals surface area contributed by atoms with Crippen molar-refractivity contribution in [1.82, 2.24) is 29.9 Å². The van der Waals surface area contributed by atoms with Crippen molar-refractivity contribution in [1.29, 1.82) is 0 Å². The van der Waals surface area contributed by atoms with Crippen LogP contribution in [-0.2, 0) is 5.41 Å². The predicted molar refractivity (Wildman–Crippen MR) is 243 cm³/mol. The summed E-state index contributed by atoms with van der Waals surface area (Å²) in [6.45, 7) is 0. The summed E-state index contributed by atoms with van der Waals surface area (Å²) in [6.07, 6.45) is 7.31. The van der Waals surface area contributed by atoms with E-state index in [4.69, 9.17) is 24.7 Å². The van der Waals surface area contributed by atoms with Crippen molar-refractivity contribution >= 4 is 0 Å². The molecule has 0 saturated heterocycles. The van der Waals surface area contributed by atoms with Crippen molar-refractivity contribution in [3.8, 4) is 90.4 Å². The Balaban J connectivity index is 1.21. The summed E-state index contributed by atoms with van der Waals surface area (Å²) in [5.41, 5.74) is 13.9. The average molecular weight is 795 g/mol. The third kappa shape index (κ3) is 5.52. The summed E-state index contributed by atoms with van der Waals surface area (Å²) in [5.74, 6) is 3.42. The Morgan fingerprint density at radius 3 is 1.44 bits per heavy atom. The van der Waals surface area contributed by atoms with Gasteiger partial charge in [0.05, 0.1) is 16.8 Å². The van der Waals surface area contributed by atoms with Crippen LogP contribution >= 0.6 is 0 Å². The molecular formula is C55H34N6O. The largest absolute Gasteiger partial charge is 0.457 e. The molecule has 0 amide bonds. The highest BCUT2D eigenvalue weighted by molar-refractivity contribution is 6.03. The summed E-state index contributed by atoms with van der Waals surface area (Å²) in [6, 6.07) is 62.6. The van der Waals surface area contributed by atoms with E-state index in [1.807, 2.05) is 103 Å². The molecule has 0 radical (unpaired) electrons. The zero-order chi connectivity index (χ0) is 41.0. The van der Waals surface area contributed by atoms with E-state index in [0.717, 1.165) is 95.2 Å². The van der Waals surface area contributed by atoms with Gasteiger partial charge in [-0.1, -0.05) is 133 Å². The first kappa shape index (κ1) is 35.5. The van der Waals surface area contributed by atoms with Crippen LogP contribution < -0.4 is 4.74 Å². The number of para-hydroxylation sites is 2. The van der Waals surface area contributed by atoms with Crippen LogP contribution in [0.1, 0.15) is 22.3 Å². The van der Waals surface area contributed by atoms with Crippen molar-refractivity contribution in [3.63, 3.8) is 0 Å². The summed E-state index contributed by atoms with van der Waals surface area (Å²) >= 11 is 0. The molecule has 12 rings (SSSR count). The topological polar surface area (TPSA) is 86.6 Å². The van der Waals surface area contributed by atoms with Crippen LogP contribution in [-0.4, -0.2) is 29.9 Å². The average Bonchev–Trinajstić information content (AvgIpc) is 3.66. The van der Waals surface area contributed by atoms with Crippen LogP contribution in [0.15, 0.2) is 207 Å². The molecule has 0 saturated carbocycles. The lowest BCUT2D eigenvalue weighted by atomic mass is 9.66. The van der Waals surface area contributed by atoms with Gasteiger partial charge in [0.25, 0.3) is 0 Å². The summed E-state index contributed by atoms with van der Waals surface area (Å²) in [5, 5.41) is 0. The van der Waals surface area contributed by atoms with E-state index in [9.17, 15) is 0 Å². The first-order chi connectivity index (χ1) is 30.8. The van der Waals surface area contributed by atoms with Gasteiger partial charge in [-0.05, 0) is 76.3 Å². The zero-order valence-corrected chi connectivity index (χ0v) is 33.2. The smallest absolute Gasteiger partial charge is 0.164 e. The Kier molecular flexibility index (Phi) is 8.25. The molecule has 5 heterocycles. The van der Waals surface area contributed by atoms with Crippen LogP contribution in [0.4, 0.5) is 0 Å². The Morgan fingerprint density at radius 1 is 0.339 bits per heavy atom. The van der Waals surface area contributed by atoms with E-state index < -0.39 is 5.41 Å². The fourth-order valence-electron chi connectivity index (χ4n) is 9.40. The Bertz CT molecular complexity index is 3220. The molecule has 0 bridgehead atoms. The van der Waals surface area contributed by atoms with E-state index in [1.165, 1.54) is 0 Å². The van der Waals surface area contributed by atoms with Gasteiger partial charge >= 0.3 is 0 Å². The lowest BCUT2D eigenvalue weighted by Gasteiger charge is -2.39. The Hall–Kier alpha value is -8.42. The van der Waals surface area contributed by atoms with Gasteiger partial charge in [-0.15, -0.1) is 0 Å². The van der Waals surface area contributed by atoms with E-state index in [0.29, 0.717) is 17.5 Å². The second kappa shape index (κ2) is 14.4. The second-order valence-electron chi connectivity index (χ2n) is 15.4. The quantitative estimate of drug-likeness (QED) is 0.166. The maximum atomic E-state index is 6.73. The third-order valence-electron chi connectivity index (χ3n) is 12.0. The van der Waals surface area contributed by atoms with E-state index >= 15 is 0 Å². The highest BCUT2D eigenvalue weighted by atomic mass is 16.5. The van der Waals surface area contributed by atoms with Crippen molar-refractivity contribution in [2.45, 2.75) is 5.41 Å². The van der Waals surface area contributed by atoms with Gasteiger partial charge in [0.15, 0.2) is 17.5 Å². The summed E-state index contributed by atoms with van der Waals surface area (Å²) in [7, 11) is 0. The minimum atomic E-state index is -0.753. The third-order valence-corrected chi connectivity index (χ3v) is 12.0. The molecule has 0 N–H and O–H groups in total. The lowest BCUT2D eigenvalue weighted by Crippen LogP contribution is -2.32. The SMILES string of the molecule is c1ccc(-c2nc(-c3ccccc3)nc(-c3cccc4c3-c3c(-c5ccc(-c6cccnc6)nc5-c5cccnc5)cccc3C43c4ccccc4Oc4ccccc43)n2)cc1. The summed E-state index contributed by atoms with van der Waals surface area (Å²) in [4.78, 5) is 30.0. The van der Waals surface area contributed by atoms with Gasteiger partial charge in [-0.3, -0.25) is 9.97 Å². The number of benzene rings is 6. The minimum Gasteiger partial charge on any atom is -0.457 e. The molecule has 10 aromatic rings. The van der Waals surface area contributed by atoms with E-state index in [2.05, 4.69) is 101 Å². The highest BCUT2D eigenvalue weighted by Gasteiger charge is 2.52.